The Bertz CT molecular complexity index is 1030. The fourth-order valence-electron chi connectivity index (χ4n) is 5.22. The molecule has 1 fully saturated rings. The van der Waals surface area contributed by atoms with Crippen molar-refractivity contribution in [3.05, 3.63) is 35.5 Å². The van der Waals surface area contributed by atoms with Gasteiger partial charge in [-0.3, -0.25) is 4.98 Å². The van der Waals surface area contributed by atoms with Crippen LogP contribution in [0.25, 0.3) is 21.7 Å². The third-order valence-electron chi connectivity index (χ3n) is 6.45. The summed E-state index contributed by atoms with van der Waals surface area (Å²) < 4.78 is 11.1. The number of hydrogen-bond donors (Lipinski definition) is 1. The summed E-state index contributed by atoms with van der Waals surface area (Å²) in [6.07, 6.45) is 7.84. The van der Waals surface area contributed by atoms with Gasteiger partial charge in [0.2, 0.25) is 0 Å². The zero-order chi connectivity index (χ0) is 17.8. The molecule has 5 heteroatoms. The van der Waals surface area contributed by atoms with E-state index in [2.05, 4.69) is 11.1 Å². The maximum Gasteiger partial charge on any atom is 0.161 e. The number of pyridine rings is 1. The first-order chi connectivity index (χ1) is 12.7. The van der Waals surface area contributed by atoms with E-state index in [4.69, 9.17) is 9.47 Å². The normalized spacial score (nSPS) is 20.8. The second-order valence-electron chi connectivity index (χ2n) is 7.62. The van der Waals surface area contributed by atoms with Crippen molar-refractivity contribution in [3.8, 4) is 17.2 Å². The lowest BCUT2D eigenvalue weighted by molar-refractivity contribution is 0.355. The van der Waals surface area contributed by atoms with Crippen LogP contribution in [0.4, 0.5) is 0 Å². The van der Waals surface area contributed by atoms with Crippen molar-refractivity contribution in [2.45, 2.75) is 32.1 Å². The van der Waals surface area contributed by atoms with Crippen molar-refractivity contribution in [3.63, 3.8) is 0 Å². The number of halogens is 1. The molecule has 0 amide bonds. The van der Waals surface area contributed by atoms with Crippen molar-refractivity contribution in [2.24, 2.45) is 11.8 Å². The highest BCUT2D eigenvalue weighted by Gasteiger charge is 2.35. The Morgan fingerprint density at radius 3 is 2.26 bits per heavy atom. The maximum atomic E-state index is 10.6. The molecule has 142 valence electrons. The van der Waals surface area contributed by atoms with Gasteiger partial charge in [-0.15, -0.1) is 12.4 Å². The Hall–Kier alpha value is -2.20. The van der Waals surface area contributed by atoms with Gasteiger partial charge in [-0.1, -0.05) is 6.42 Å². The second kappa shape index (κ2) is 6.75. The summed E-state index contributed by atoms with van der Waals surface area (Å²) in [4.78, 5) is 4.69. The van der Waals surface area contributed by atoms with Crippen LogP contribution in [-0.2, 0) is 12.8 Å². The third-order valence-corrected chi connectivity index (χ3v) is 6.45. The summed E-state index contributed by atoms with van der Waals surface area (Å²) in [6, 6.07) is 5.74. The zero-order valence-corrected chi connectivity index (χ0v) is 16.4. The molecule has 0 bridgehead atoms. The number of aromatic hydroxyl groups is 1. The molecule has 0 spiro atoms. The van der Waals surface area contributed by atoms with Crippen molar-refractivity contribution in [1.29, 1.82) is 0 Å². The number of benzene rings is 2. The lowest BCUT2D eigenvalue weighted by atomic mass is 9.75. The molecule has 2 atom stereocenters. The number of rotatable bonds is 2. The van der Waals surface area contributed by atoms with Crippen molar-refractivity contribution >= 4 is 34.1 Å². The monoisotopic (exact) mass is 385 g/mol. The van der Waals surface area contributed by atoms with Gasteiger partial charge in [0.05, 0.1) is 25.1 Å². The first kappa shape index (κ1) is 18.2. The number of ether oxygens (including phenoxy) is 2. The predicted octanol–water partition coefficient (Wildman–Crippen LogP) is 5.05. The molecule has 1 N–H and O–H groups in total. The van der Waals surface area contributed by atoms with E-state index in [1.54, 1.807) is 26.5 Å². The molecule has 0 aliphatic heterocycles. The van der Waals surface area contributed by atoms with Crippen molar-refractivity contribution in [2.75, 3.05) is 14.2 Å². The molecule has 4 nitrogen and oxygen atoms in total. The van der Waals surface area contributed by atoms with Gasteiger partial charge in [0.25, 0.3) is 0 Å². The van der Waals surface area contributed by atoms with Gasteiger partial charge in [-0.05, 0) is 77.6 Å². The minimum Gasteiger partial charge on any atom is -0.507 e. The molecule has 1 aromatic heterocycles. The first-order valence-corrected chi connectivity index (χ1v) is 9.38. The van der Waals surface area contributed by atoms with E-state index < -0.39 is 0 Å². The lowest BCUT2D eigenvalue weighted by Crippen LogP contribution is -2.21. The van der Waals surface area contributed by atoms with Gasteiger partial charge in [0.1, 0.15) is 5.75 Å². The molecule has 5 rings (SSSR count). The Balaban J connectivity index is 0.00000180. The molecule has 2 aromatic carbocycles. The molecule has 2 unspecified atom stereocenters. The third kappa shape index (κ3) is 2.61. The van der Waals surface area contributed by atoms with Gasteiger partial charge in [-0.2, -0.15) is 0 Å². The van der Waals surface area contributed by atoms with Crippen LogP contribution in [0.3, 0.4) is 0 Å². The summed E-state index contributed by atoms with van der Waals surface area (Å²) in [6.45, 7) is 0. The van der Waals surface area contributed by atoms with E-state index in [0.717, 1.165) is 46.7 Å². The van der Waals surface area contributed by atoms with Gasteiger partial charge in [0.15, 0.2) is 11.5 Å². The lowest BCUT2D eigenvalue weighted by Gasteiger charge is -2.30. The Morgan fingerprint density at radius 1 is 0.963 bits per heavy atom. The van der Waals surface area contributed by atoms with Gasteiger partial charge in [0, 0.05) is 6.20 Å². The number of nitrogens with zero attached hydrogens (tertiary/aromatic N) is 1. The molecular weight excluding hydrogens is 362 g/mol. The van der Waals surface area contributed by atoms with E-state index in [1.807, 2.05) is 6.07 Å². The van der Waals surface area contributed by atoms with Crippen LogP contribution in [0.15, 0.2) is 24.4 Å². The maximum absolute atomic E-state index is 10.6. The number of hydrogen-bond acceptors (Lipinski definition) is 4. The molecule has 1 saturated carbocycles. The van der Waals surface area contributed by atoms with E-state index in [1.165, 1.54) is 35.8 Å². The fraction of sp³-hybridized carbons (Fsp3) is 0.409. The van der Waals surface area contributed by atoms with Gasteiger partial charge < -0.3 is 14.6 Å². The van der Waals surface area contributed by atoms with Crippen LogP contribution >= 0.6 is 12.4 Å². The summed E-state index contributed by atoms with van der Waals surface area (Å²) >= 11 is 0. The molecule has 27 heavy (non-hydrogen) atoms. The summed E-state index contributed by atoms with van der Waals surface area (Å²) in [5.41, 5.74) is 3.65. The minimum absolute atomic E-state index is 0. The fourth-order valence-corrected chi connectivity index (χ4v) is 5.22. The molecule has 2 aliphatic rings. The van der Waals surface area contributed by atoms with E-state index >= 15 is 0 Å². The molecule has 2 aliphatic carbocycles. The number of fused-ring (bicyclic) bond motifs is 7. The van der Waals surface area contributed by atoms with E-state index in [-0.39, 0.29) is 18.2 Å². The van der Waals surface area contributed by atoms with Gasteiger partial charge in [-0.25, -0.2) is 0 Å². The minimum atomic E-state index is 0. The Kier molecular flexibility index (Phi) is 4.55. The highest BCUT2D eigenvalue weighted by Crippen LogP contribution is 2.48. The largest absolute Gasteiger partial charge is 0.507 e. The quantitative estimate of drug-likeness (QED) is 0.627. The van der Waals surface area contributed by atoms with Gasteiger partial charge >= 0.3 is 0 Å². The standard InChI is InChI=1S/C22H23NO3.ClH/c1-25-19-10-15-14-8-12-4-3-5-13(12)9-17(14)22-21(18(24)6-7-23-22)16(15)11-20(19)26-2;/h6-7,10-13H,3-5,8-9H2,1-2H3,(H,23,24);1H. The van der Waals surface area contributed by atoms with Crippen LogP contribution in [-0.4, -0.2) is 24.3 Å². The Morgan fingerprint density at radius 2 is 1.59 bits per heavy atom. The smallest absolute Gasteiger partial charge is 0.161 e. The summed E-state index contributed by atoms with van der Waals surface area (Å²) in [7, 11) is 3.31. The van der Waals surface area contributed by atoms with Crippen molar-refractivity contribution in [1.82, 2.24) is 4.98 Å². The molecular formula is C22H24ClNO3. The van der Waals surface area contributed by atoms with Crippen LogP contribution in [0.2, 0.25) is 0 Å². The molecule has 1 heterocycles. The first-order valence-electron chi connectivity index (χ1n) is 9.38. The average Bonchev–Trinajstić information content (AvgIpc) is 3.13. The van der Waals surface area contributed by atoms with Crippen molar-refractivity contribution < 1.29 is 14.6 Å². The topological polar surface area (TPSA) is 51.6 Å². The van der Waals surface area contributed by atoms with Crippen LogP contribution < -0.4 is 9.47 Å². The highest BCUT2D eigenvalue weighted by molar-refractivity contribution is 6.13. The zero-order valence-electron chi connectivity index (χ0n) is 15.6. The average molecular weight is 386 g/mol. The SMILES string of the molecule is COc1cc2c3c(c4nccc(O)c4c2cc1OC)CC1CCCC1C3.Cl. The van der Waals surface area contributed by atoms with Crippen LogP contribution in [0.5, 0.6) is 17.2 Å². The number of aromatic nitrogens is 1. The number of methoxy groups -OCH3 is 2. The van der Waals surface area contributed by atoms with E-state index in [9.17, 15) is 5.11 Å². The second-order valence-corrected chi connectivity index (χ2v) is 7.62. The summed E-state index contributed by atoms with van der Waals surface area (Å²) in [5.74, 6) is 3.22. The van der Waals surface area contributed by atoms with Crippen LogP contribution in [0, 0.1) is 11.8 Å². The predicted molar refractivity (Wildman–Crippen MR) is 110 cm³/mol. The Labute approximate surface area is 164 Å². The van der Waals surface area contributed by atoms with E-state index in [0.29, 0.717) is 5.75 Å². The summed E-state index contributed by atoms with van der Waals surface area (Å²) in [5, 5.41) is 13.6. The molecule has 0 saturated heterocycles. The molecule has 3 aromatic rings. The highest BCUT2D eigenvalue weighted by atomic mass is 35.5. The van der Waals surface area contributed by atoms with Crippen LogP contribution in [0.1, 0.15) is 30.4 Å². The molecule has 0 radical (unpaired) electrons.